The second-order valence-electron chi connectivity index (χ2n) is 4.69. The number of fused-ring (bicyclic) bond motifs is 1. The van der Waals surface area contributed by atoms with Gasteiger partial charge < -0.3 is 14.4 Å². The van der Waals surface area contributed by atoms with Crippen LogP contribution in [-0.2, 0) is 7.05 Å². The van der Waals surface area contributed by atoms with E-state index in [2.05, 4.69) is 22.3 Å². The monoisotopic (exact) mass is 313 g/mol. The van der Waals surface area contributed by atoms with E-state index in [1.165, 1.54) is 11.8 Å². The molecule has 1 N–H and O–H groups in total. The number of aromatic hydroxyl groups is 1. The van der Waals surface area contributed by atoms with Crippen molar-refractivity contribution < 1.29 is 9.84 Å². The Morgan fingerprint density at radius 2 is 2.05 bits per heavy atom. The van der Waals surface area contributed by atoms with Crippen molar-refractivity contribution >= 4 is 27.8 Å². The lowest BCUT2D eigenvalue weighted by Crippen LogP contribution is -2.08. The van der Waals surface area contributed by atoms with Gasteiger partial charge in [0.2, 0.25) is 4.80 Å². The second kappa shape index (κ2) is 6.03. The molecule has 0 bridgehead atoms. The molecule has 2 aromatic carbocycles. The third kappa shape index (κ3) is 2.73. The molecule has 0 spiro atoms. The summed E-state index contributed by atoms with van der Waals surface area (Å²) >= 11 is 1.59. The number of aromatic nitrogens is 1. The van der Waals surface area contributed by atoms with Gasteiger partial charge >= 0.3 is 0 Å². The van der Waals surface area contributed by atoms with Crippen LogP contribution in [0.25, 0.3) is 10.2 Å². The fourth-order valence-electron chi connectivity index (χ4n) is 2.10. The van der Waals surface area contributed by atoms with Crippen molar-refractivity contribution in [3.8, 4) is 11.5 Å². The fourth-order valence-corrected chi connectivity index (χ4v) is 3.07. The summed E-state index contributed by atoms with van der Waals surface area (Å²) < 4.78 is 8.25. The number of methoxy groups -OCH3 is 1. The molecule has 0 amide bonds. The van der Waals surface area contributed by atoms with Gasteiger partial charge in [-0.05, 0) is 35.9 Å². The lowest BCUT2D eigenvalue weighted by molar-refractivity contribution is 0.373. The number of nitrogens with zero attached hydrogens (tertiary/aromatic N) is 3. The van der Waals surface area contributed by atoms with Crippen LogP contribution >= 0.6 is 11.3 Å². The van der Waals surface area contributed by atoms with Crippen molar-refractivity contribution in [3.63, 3.8) is 0 Å². The van der Waals surface area contributed by atoms with E-state index in [1.54, 1.807) is 35.8 Å². The number of hydrogen-bond donors (Lipinski definition) is 1. The highest BCUT2D eigenvalue weighted by Gasteiger charge is 2.02. The average Bonchev–Trinajstić information content (AvgIpc) is 2.86. The molecule has 5 nitrogen and oxygen atoms in total. The van der Waals surface area contributed by atoms with Crippen molar-refractivity contribution in [2.75, 3.05) is 7.11 Å². The number of rotatable bonds is 3. The zero-order valence-electron chi connectivity index (χ0n) is 12.2. The van der Waals surface area contributed by atoms with Crippen molar-refractivity contribution in [1.82, 2.24) is 4.57 Å². The van der Waals surface area contributed by atoms with Crippen LogP contribution in [0.5, 0.6) is 11.5 Å². The lowest BCUT2D eigenvalue weighted by Gasteiger charge is -2.02. The van der Waals surface area contributed by atoms with E-state index in [9.17, 15) is 5.11 Å². The van der Waals surface area contributed by atoms with E-state index in [0.29, 0.717) is 5.75 Å². The zero-order valence-corrected chi connectivity index (χ0v) is 13.0. The zero-order chi connectivity index (χ0) is 15.5. The predicted molar refractivity (Wildman–Crippen MR) is 88.6 cm³/mol. The summed E-state index contributed by atoms with van der Waals surface area (Å²) in [7, 11) is 3.48. The number of ether oxygens (including phenoxy) is 1. The van der Waals surface area contributed by atoms with Crippen LogP contribution in [0.15, 0.2) is 52.7 Å². The molecule has 0 radical (unpaired) electrons. The minimum Gasteiger partial charge on any atom is -0.504 e. The Morgan fingerprint density at radius 1 is 1.23 bits per heavy atom. The largest absolute Gasteiger partial charge is 0.504 e. The molecule has 0 fully saturated rings. The third-order valence-electron chi connectivity index (χ3n) is 3.27. The van der Waals surface area contributed by atoms with Crippen molar-refractivity contribution in [2.24, 2.45) is 17.3 Å². The molecule has 0 unspecified atom stereocenters. The molecule has 1 heterocycles. The smallest absolute Gasteiger partial charge is 0.211 e. The summed E-state index contributed by atoms with van der Waals surface area (Å²) in [5.74, 6) is 0.517. The highest BCUT2D eigenvalue weighted by atomic mass is 32.1. The Bertz CT molecular complexity index is 909. The first kappa shape index (κ1) is 14.3. The van der Waals surface area contributed by atoms with E-state index in [4.69, 9.17) is 4.74 Å². The van der Waals surface area contributed by atoms with Crippen LogP contribution in [0.4, 0.5) is 0 Å². The van der Waals surface area contributed by atoms with E-state index in [1.807, 2.05) is 23.7 Å². The number of phenolic OH excluding ortho intramolecular Hbond substituents is 1. The molecule has 3 aromatic rings. The standard InChI is InChI=1S/C16H15N3O2S/c1-19-12-5-3-4-6-15(12)22-16(19)18-17-10-11-7-8-13(20)14(9-11)21-2/h3-10,20H,1-2H3/b17-10-,18-16+. The Labute approximate surface area is 131 Å². The Morgan fingerprint density at radius 3 is 2.82 bits per heavy atom. The predicted octanol–water partition coefficient (Wildman–Crippen LogP) is 2.89. The van der Waals surface area contributed by atoms with E-state index < -0.39 is 0 Å². The van der Waals surface area contributed by atoms with E-state index >= 15 is 0 Å². The minimum absolute atomic E-state index is 0.104. The number of aryl methyl sites for hydroxylation is 1. The second-order valence-corrected chi connectivity index (χ2v) is 5.70. The van der Waals surface area contributed by atoms with Crippen molar-refractivity contribution in [1.29, 1.82) is 0 Å². The van der Waals surface area contributed by atoms with Crippen LogP contribution in [-0.4, -0.2) is 23.0 Å². The Hall–Kier alpha value is -2.60. The van der Waals surface area contributed by atoms with Gasteiger partial charge in [-0.1, -0.05) is 23.5 Å². The van der Waals surface area contributed by atoms with Gasteiger partial charge in [0.05, 0.1) is 23.5 Å². The van der Waals surface area contributed by atoms with Crippen LogP contribution in [0.3, 0.4) is 0 Å². The number of benzene rings is 2. The molecule has 3 rings (SSSR count). The van der Waals surface area contributed by atoms with Crippen LogP contribution < -0.4 is 9.54 Å². The maximum Gasteiger partial charge on any atom is 0.211 e. The normalized spacial score (nSPS) is 12.4. The molecule has 0 atom stereocenters. The van der Waals surface area contributed by atoms with Gasteiger partial charge in [-0.15, -0.1) is 5.10 Å². The van der Waals surface area contributed by atoms with E-state index in [-0.39, 0.29) is 5.75 Å². The summed E-state index contributed by atoms with van der Waals surface area (Å²) in [6.45, 7) is 0. The fraction of sp³-hybridized carbons (Fsp3) is 0.125. The number of para-hydroxylation sites is 1. The van der Waals surface area contributed by atoms with Gasteiger partial charge in [-0.25, -0.2) is 0 Å². The third-order valence-corrected chi connectivity index (χ3v) is 4.37. The first-order valence-corrected chi connectivity index (χ1v) is 7.49. The van der Waals surface area contributed by atoms with Crippen LogP contribution in [0.2, 0.25) is 0 Å². The number of phenols is 1. The topological polar surface area (TPSA) is 59.1 Å². The summed E-state index contributed by atoms with van der Waals surface area (Å²) in [5, 5.41) is 18.0. The molecule has 0 aliphatic heterocycles. The molecule has 112 valence electrons. The molecule has 0 saturated carbocycles. The quantitative estimate of drug-likeness (QED) is 0.597. The number of thiazole rings is 1. The maximum absolute atomic E-state index is 9.56. The lowest BCUT2D eigenvalue weighted by atomic mass is 10.2. The summed E-state index contributed by atoms with van der Waals surface area (Å²) in [5.41, 5.74) is 1.94. The minimum atomic E-state index is 0.104. The summed E-state index contributed by atoms with van der Waals surface area (Å²) in [4.78, 5) is 0.822. The molecular weight excluding hydrogens is 298 g/mol. The maximum atomic E-state index is 9.56. The van der Waals surface area contributed by atoms with Gasteiger partial charge in [-0.2, -0.15) is 5.10 Å². The SMILES string of the molecule is COc1cc(/C=N\N=c2\sc3ccccc3n2C)ccc1O. The molecule has 6 heteroatoms. The van der Waals surface area contributed by atoms with Crippen LogP contribution in [0, 0.1) is 0 Å². The Balaban J connectivity index is 1.93. The van der Waals surface area contributed by atoms with Crippen LogP contribution in [0.1, 0.15) is 5.56 Å². The highest BCUT2D eigenvalue weighted by Crippen LogP contribution is 2.25. The molecule has 0 aliphatic rings. The Kier molecular flexibility index (Phi) is 3.93. The van der Waals surface area contributed by atoms with Crippen molar-refractivity contribution in [2.45, 2.75) is 0 Å². The first-order valence-electron chi connectivity index (χ1n) is 6.67. The summed E-state index contributed by atoms with van der Waals surface area (Å²) in [6.07, 6.45) is 1.63. The van der Waals surface area contributed by atoms with Gasteiger partial charge in [-0.3, -0.25) is 0 Å². The molecule has 22 heavy (non-hydrogen) atoms. The van der Waals surface area contributed by atoms with Gasteiger partial charge in [0.15, 0.2) is 11.5 Å². The van der Waals surface area contributed by atoms with Gasteiger partial charge in [0.25, 0.3) is 0 Å². The van der Waals surface area contributed by atoms with Gasteiger partial charge in [0.1, 0.15) is 0 Å². The first-order chi connectivity index (χ1) is 10.7. The molecular formula is C16H15N3O2S. The molecule has 0 saturated heterocycles. The average molecular weight is 313 g/mol. The summed E-state index contributed by atoms with van der Waals surface area (Å²) in [6, 6.07) is 13.2. The van der Waals surface area contributed by atoms with Crippen molar-refractivity contribution in [3.05, 3.63) is 52.8 Å². The molecule has 0 aliphatic carbocycles. The highest BCUT2D eigenvalue weighted by molar-refractivity contribution is 7.16. The number of hydrogen-bond acceptors (Lipinski definition) is 5. The molecule has 1 aromatic heterocycles. The van der Waals surface area contributed by atoms with E-state index in [0.717, 1.165) is 15.9 Å². The van der Waals surface area contributed by atoms with Gasteiger partial charge in [0, 0.05) is 7.05 Å².